The normalized spacial score (nSPS) is 11.0. The molecule has 0 saturated carbocycles. The van der Waals surface area contributed by atoms with E-state index in [-0.39, 0.29) is 12.5 Å². The number of aryl methyl sites for hydroxylation is 1. The molecule has 0 atom stereocenters. The quantitative estimate of drug-likeness (QED) is 0.615. The van der Waals surface area contributed by atoms with Crippen LogP contribution in [0.15, 0.2) is 54.9 Å². The number of benzene rings is 2. The monoisotopic (exact) mass is 346 g/mol. The molecule has 0 aliphatic rings. The SMILES string of the molecule is Cc1cc(N(C)CC(=O)Nc2cccc3ccccc23)n2ncnc2n1. The number of anilines is 2. The number of nitrogens with one attached hydrogen (secondary N) is 1. The molecule has 0 unspecified atom stereocenters. The fraction of sp³-hybridized carbons (Fsp3) is 0.158. The van der Waals surface area contributed by atoms with Gasteiger partial charge in [0.25, 0.3) is 5.78 Å². The van der Waals surface area contributed by atoms with E-state index in [1.807, 2.05) is 67.4 Å². The molecule has 0 aliphatic carbocycles. The minimum atomic E-state index is -0.105. The van der Waals surface area contributed by atoms with E-state index in [4.69, 9.17) is 0 Å². The molecule has 7 heteroatoms. The van der Waals surface area contributed by atoms with Crippen LogP contribution in [-0.2, 0) is 4.79 Å². The van der Waals surface area contributed by atoms with Crippen molar-refractivity contribution >= 4 is 34.0 Å². The molecule has 0 aliphatic heterocycles. The Morgan fingerprint density at radius 3 is 2.88 bits per heavy atom. The Bertz CT molecular complexity index is 1100. The number of amides is 1. The van der Waals surface area contributed by atoms with Crippen LogP contribution in [0.4, 0.5) is 11.5 Å². The van der Waals surface area contributed by atoms with Gasteiger partial charge >= 0.3 is 0 Å². The Hall–Kier alpha value is -3.48. The summed E-state index contributed by atoms with van der Waals surface area (Å²) in [7, 11) is 1.85. The zero-order valence-corrected chi connectivity index (χ0v) is 14.5. The number of hydrogen-bond acceptors (Lipinski definition) is 5. The van der Waals surface area contributed by atoms with Crippen molar-refractivity contribution in [2.24, 2.45) is 0 Å². The van der Waals surface area contributed by atoms with E-state index in [1.54, 1.807) is 4.52 Å². The maximum Gasteiger partial charge on any atom is 0.254 e. The highest BCUT2D eigenvalue weighted by molar-refractivity contribution is 6.03. The molecule has 0 spiro atoms. The van der Waals surface area contributed by atoms with Crippen molar-refractivity contribution in [3.63, 3.8) is 0 Å². The van der Waals surface area contributed by atoms with E-state index in [0.717, 1.165) is 28.0 Å². The molecule has 4 aromatic rings. The number of fused-ring (bicyclic) bond motifs is 2. The molecule has 0 fully saturated rings. The van der Waals surface area contributed by atoms with E-state index >= 15 is 0 Å². The van der Waals surface area contributed by atoms with Crippen LogP contribution < -0.4 is 10.2 Å². The third-order valence-corrected chi connectivity index (χ3v) is 4.20. The molecule has 2 heterocycles. The minimum absolute atomic E-state index is 0.105. The Morgan fingerprint density at radius 2 is 2.00 bits per heavy atom. The van der Waals surface area contributed by atoms with Gasteiger partial charge < -0.3 is 10.2 Å². The summed E-state index contributed by atoms with van der Waals surface area (Å²) in [4.78, 5) is 22.9. The summed E-state index contributed by atoms with van der Waals surface area (Å²) in [5.74, 6) is 1.17. The van der Waals surface area contributed by atoms with Crippen molar-refractivity contribution in [3.8, 4) is 0 Å². The summed E-state index contributed by atoms with van der Waals surface area (Å²) in [5, 5.41) is 9.29. The molecule has 26 heavy (non-hydrogen) atoms. The molecule has 7 nitrogen and oxygen atoms in total. The maximum atomic E-state index is 12.6. The molecule has 130 valence electrons. The highest BCUT2D eigenvalue weighted by Crippen LogP contribution is 2.23. The van der Waals surface area contributed by atoms with Crippen molar-refractivity contribution in [2.45, 2.75) is 6.92 Å². The highest BCUT2D eigenvalue weighted by Gasteiger charge is 2.14. The summed E-state index contributed by atoms with van der Waals surface area (Å²) < 4.78 is 1.62. The van der Waals surface area contributed by atoms with Crippen LogP contribution in [0.2, 0.25) is 0 Å². The first-order valence-corrected chi connectivity index (χ1v) is 8.28. The van der Waals surface area contributed by atoms with Crippen molar-refractivity contribution in [1.82, 2.24) is 19.6 Å². The van der Waals surface area contributed by atoms with Gasteiger partial charge in [-0.3, -0.25) is 4.79 Å². The fourth-order valence-corrected chi connectivity index (χ4v) is 3.00. The molecule has 2 aromatic carbocycles. The number of likely N-dealkylation sites (N-methyl/N-ethyl adjacent to an activating group) is 1. The summed E-state index contributed by atoms with van der Waals surface area (Å²) in [6, 6.07) is 15.7. The molecule has 0 bridgehead atoms. The van der Waals surface area contributed by atoms with Crippen LogP contribution in [0.25, 0.3) is 16.6 Å². The minimum Gasteiger partial charge on any atom is -0.350 e. The van der Waals surface area contributed by atoms with Gasteiger partial charge in [0.15, 0.2) is 0 Å². The first-order valence-electron chi connectivity index (χ1n) is 8.28. The largest absolute Gasteiger partial charge is 0.350 e. The fourth-order valence-electron chi connectivity index (χ4n) is 3.00. The average molecular weight is 346 g/mol. The predicted octanol–water partition coefficient (Wildman–Crippen LogP) is 2.66. The predicted molar refractivity (Wildman–Crippen MR) is 101 cm³/mol. The van der Waals surface area contributed by atoms with E-state index in [1.165, 1.54) is 6.33 Å². The number of carbonyl (C=O) groups excluding carboxylic acids is 1. The Balaban J connectivity index is 1.56. The van der Waals surface area contributed by atoms with Crippen LogP contribution in [0.5, 0.6) is 0 Å². The third kappa shape index (κ3) is 2.95. The van der Waals surface area contributed by atoms with Crippen LogP contribution in [-0.4, -0.2) is 39.1 Å². The van der Waals surface area contributed by atoms with Gasteiger partial charge in [-0.15, -0.1) is 0 Å². The van der Waals surface area contributed by atoms with Crippen LogP contribution in [0.1, 0.15) is 5.69 Å². The second-order valence-corrected chi connectivity index (χ2v) is 6.16. The molecule has 0 saturated heterocycles. The lowest BCUT2D eigenvalue weighted by Gasteiger charge is -2.19. The lowest BCUT2D eigenvalue weighted by Crippen LogP contribution is -2.31. The zero-order chi connectivity index (χ0) is 18.1. The Labute approximate surface area is 150 Å². The Morgan fingerprint density at radius 1 is 1.19 bits per heavy atom. The number of aromatic nitrogens is 4. The first-order chi connectivity index (χ1) is 12.6. The maximum absolute atomic E-state index is 12.6. The van der Waals surface area contributed by atoms with Gasteiger partial charge in [-0.25, -0.2) is 4.98 Å². The second-order valence-electron chi connectivity index (χ2n) is 6.16. The van der Waals surface area contributed by atoms with Gasteiger partial charge in [-0.1, -0.05) is 36.4 Å². The first kappa shape index (κ1) is 16.0. The van der Waals surface area contributed by atoms with Crippen LogP contribution >= 0.6 is 0 Å². The van der Waals surface area contributed by atoms with E-state index in [2.05, 4.69) is 20.4 Å². The van der Waals surface area contributed by atoms with Crippen molar-refractivity contribution in [3.05, 3.63) is 60.6 Å². The van der Waals surface area contributed by atoms with Gasteiger partial charge in [0.2, 0.25) is 5.91 Å². The topological polar surface area (TPSA) is 75.4 Å². The van der Waals surface area contributed by atoms with E-state index in [9.17, 15) is 4.79 Å². The molecule has 2 aromatic heterocycles. The molecule has 4 rings (SSSR count). The highest BCUT2D eigenvalue weighted by atomic mass is 16.2. The summed E-state index contributed by atoms with van der Waals surface area (Å²) in [5.41, 5.74) is 1.63. The van der Waals surface area contributed by atoms with Crippen LogP contribution in [0.3, 0.4) is 0 Å². The lowest BCUT2D eigenvalue weighted by atomic mass is 10.1. The molecular weight excluding hydrogens is 328 g/mol. The number of rotatable bonds is 4. The molecule has 1 N–H and O–H groups in total. The number of nitrogens with zero attached hydrogens (tertiary/aromatic N) is 5. The van der Waals surface area contributed by atoms with Crippen molar-refractivity contribution in [2.75, 3.05) is 23.8 Å². The number of hydrogen-bond donors (Lipinski definition) is 1. The van der Waals surface area contributed by atoms with E-state index < -0.39 is 0 Å². The molecule has 0 radical (unpaired) electrons. The van der Waals surface area contributed by atoms with Crippen molar-refractivity contribution in [1.29, 1.82) is 0 Å². The smallest absolute Gasteiger partial charge is 0.254 e. The Kier molecular flexibility index (Phi) is 3.96. The summed E-state index contributed by atoms with van der Waals surface area (Å²) in [6.07, 6.45) is 1.45. The summed E-state index contributed by atoms with van der Waals surface area (Å²) >= 11 is 0. The van der Waals surface area contributed by atoms with E-state index in [0.29, 0.717) is 5.78 Å². The third-order valence-electron chi connectivity index (χ3n) is 4.20. The lowest BCUT2D eigenvalue weighted by molar-refractivity contribution is -0.114. The van der Waals surface area contributed by atoms with Gasteiger partial charge in [0.1, 0.15) is 12.1 Å². The van der Waals surface area contributed by atoms with Gasteiger partial charge in [0, 0.05) is 29.9 Å². The second kappa shape index (κ2) is 6.44. The molecular formula is C19H18N6O. The van der Waals surface area contributed by atoms with Gasteiger partial charge in [0.05, 0.1) is 6.54 Å². The van der Waals surface area contributed by atoms with Crippen molar-refractivity contribution < 1.29 is 4.79 Å². The number of carbonyl (C=O) groups is 1. The zero-order valence-electron chi connectivity index (χ0n) is 14.5. The average Bonchev–Trinajstić information content (AvgIpc) is 3.09. The van der Waals surface area contributed by atoms with Gasteiger partial charge in [-0.2, -0.15) is 14.6 Å². The summed E-state index contributed by atoms with van der Waals surface area (Å²) in [6.45, 7) is 2.07. The van der Waals surface area contributed by atoms with Gasteiger partial charge in [-0.05, 0) is 18.4 Å². The molecule has 1 amide bonds. The van der Waals surface area contributed by atoms with Crippen LogP contribution in [0, 0.1) is 6.92 Å². The standard InChI is InChI=1S/C19H18N6O/c1-13-10-18(25-19(22-13)20-12-21-25)24(2)11-17(26)23-16-9-5-7-14-6-3-4-8-15(14)16/h3-10,12H,11H2,1-2H3,(H,23,26).